The molecule has 1 aromatic heterocycles. The van der Waals surface area contributed by atoms with Gasteiger partial charge in [0, 0.05) is 31.3 Å². The van der Waals surface area contributed by atoms with Gasteiger partial charge in [-0.15, -0.1) is 0 Å². The number of hydrogen-bond acceptors (Lipinski definition) is 5. The molecule has 1 N–H and O–H groups in total. The van der Waals surface area contributed by atoms with Crippen molar-refractivity contribution < 1.29 is 19.4 Å². The number of benzene rings is 1. The predicted octanol–water partition coefficient (Wildman–Crippen LogP) is 3.64. The van der Waals surface area contributed by atoms with Crippen molar-refractivity contribution in [3.05, 3.63) is 65.4 Å². The molecule has 7 nitrogen and oxygen atoms in total. The summed E-state index contributed by atoms with van der Waals surface area (Å²) in [4.78, 5) is 34.4. The molecule has 34 heavy (non-hydrogen) atoms. The summed E-state index contributed by atoms with van der Waals surface area (Å²) in [5.74, 6) is -0.0916. The highest BCUT2D eigenvalue weighted by atomic mass is 16.5. The fraction of sp³-hybridized carbons (Fsp3) is 0.444. The maximum absolute atomic E-state index is 13.5. The summed E-state index contributed by atoms with van der Waals surface area (Å²) in [7, 11) is 1.76. The van der Waals surface area contributed by atoms with E-state index in [1.165, 1.54) is 5.57 Å². The van der Waals surface area contributed by atoms with Crippen molar-refractivity contribution in [2.24, 2.45) is 5.92 Å². The van der Waals surface area contributed by atoms with Gasteiger partial charge in [-0.25, -0.2) is 4.98 Å². The third kappa shape index (κ3) is 4.99. The molecular formula is C27H33N3O4. The topological polar surface area (TPSA) is 83.0 Å². The third-order valence-electron chi connectivity index (χ3n) is 6.75. The average molecular weight is 464 g/mol. The third-order valence-corrected chi connectivity index (χ3v) is 6.75. The van der Waals surface area contributed by atoms with Crippen molar-refractivity contribution >= 4 is 17.4 Å². The van der Waals surface area contributed by atoms with Gasteiger partial charge in [0.2, 0.25) is 5.88 Å². The van der Waals surface area contributed by atoms with Crippen LogP contribution in [0.5, 0.6) is 5.88 Å². The van der Waals surface area contributed by atoms with Gasteiger partial charge in [0.05, 0.1) is 19.2 Å². The molecule has 0 radical (unpaired) electrons. The van der Waals surface area contributed by atoms with E-state index in [1.54, 1.807) is 35.2 Å². The van der Waals surface area contributed by atoms with Crippen molar-refractivity contribution in [3.8, 4) is 5.88 Å². The molecule has 0 saturated carbocycles. The van der Waals surface area contributed by atoms with Crippen molar-refractivity contribution in [2.45, 2.75) is 45.3 Å². The van der Waals surface area contributed by atoms with E-state index in [1.807, 2.05) is 38.1 Å². The molecular weight excluding hydrogens is 430 g/mol. The molecule has 4 rings (SSSR count). The Morgan fingerprint density at radius 1 is 1.32 bits per heavy atom. The summed E-state index contributed by atoms with van der Waals surface area (Å²) in [6, 6.07) is 10.7. The van der Waals surface area contributed by atoms with E-state index >= 15 is 0 Å². The number of ether oxygens (including phenoxy) is 1. The Hall–Kier alpha value is -3.19. The number of aromatic nitrogens is 1. The van der Waals surface area contributed by atoms with Crippen molar-refractivity contribution in [1.29, 1.82) is 0 Å². The zero-order valence-electron chi connectivity index (χ0n) is 20.1. The predicted molar refractivity (Wildman–Crippen MR) is 131 cm³/mol. The minimum absolute atomic E-state index is 0.0869. The minimum Gasteiger partial charge on any atom is -0.472 e. The van der Waals surface area contributed by atoms with Crippen molar-refractivity contribution in [2.75, 3.05) is 26.7 Å². The summed E-state index contributed by atoms with van der Waals surface area (Å²) in [5.41, 5.74) is 3.15. The maximum atomic E-state index is 13.5. The molecule has 1 aromatic carbocycles. The Bertz CT molecular complexity index is 1070. The van der Waals surface area contributed by atoms with Gasteiger partial charge in [-0.1, -0.05) is 31.2 Å². The van der Waals surface area contributed by atoms with Crippen LogP contribution >= 0.6 is 0 Å². The first kappa shape index (κ1) is 24.0. The van der Waals surface area contributed by atoms with E-state index in [2.05, 4.69) is 11.1 Å². The maximum Gasteiger partial charge on any atom is 0.259 e. The fourth-order valence-corrected chi connectivity index (χ4v) is 4.58. The first-order chi connectivity index (χ1) is 16.4. The number of nitrogens with zero attached hydrogens (tertiary/aromatic N) is 3. The molecule has 0 bridgehead atoms. The van der Waals surface area contributed by atoms with Crippen LogP contribution in [0.3, 0.4) is 0 Å². The van der Waals surface area contributed by atoms with Gasteiger partial charge in [0.25, 0.3) is 11.8 Å². The molecule has 7 heteroatoms. The highest BCUT2D eigenvalue weighted by Crippen LogP contribution is 2.32. The van der Waals surface area contributed by atoms with Crippen molar-refractivity contribution in [3.63, 3.8) is 0 Å². The Morgan fingerprint density at radius 3 is 2.76 bits per heavy atom. The molecule has 2 heterocycles. The SMILES string of the molecule is C[C@@H]1CN([C@H](C)CO)C(=O)c2cc(C3=CCCC3)cnc2O[C@H]1CN(C)C(=O)c1ccccc1. The smallest absolute Gasteiger partial charge is 0.259 e. The van der Waals surface area contributed by atoms with E-state index in [0.717, 1.165) is 24.8 Å². The monoisotopic (exact) mass is 463 g/mol. The lowest BCUT2D eigenvalue weighted by atomic mass is 9.99. The Labute approximate surface area is 201 Å². The van der Waals surface area contributed by atoms with Gasteiger partial charge >= 0.3 is 0 Å². The van der Waals surface area contributed by atoms with Gasteiger partial charge in [-0.2, -0.15) is 0 Å². The molecule has 1 aliphatic heterocycles. The second-order valence-electron chi connectivity index (χ2n) is 9.37. The van der Waals surface area contributed by atoms with Crippen LogP contribution in [-0.4, -0.2) is 70.6 Å². The quantitative estimate of drug-likeness (QED) is 0.707. The fourth-order valence-electron chi connectivity index (χ4n) is 4.58. The number of carbonyl (C=O) groups is 2. The summed E-state index contributed by atoms with van der Waals surface area (Å²) in [6.07, 6.45) is 6.70. The highest BCUT2D eigenvalue weighted by Gasteiger charge is 2.35. The van der Waals surface area contributed by atoms with Gasteiger partial charge in [0.15, 0.2) is 0 Å². The van der Waals surface area contributed by atoms with Crippen LogP contribution in [0.2, 0.25) is 0 Å². The van der Waals surface area contributed by atoms with E-state index in [4.69, 9.17) is 4.74 Å². The van der Waals surface area contributed by atoms with Crippen LogP contribution in [-0.2, 0) is 0 Å². The number of hydrogen-bond donors (Lipinski definition) is 1. The molecule has 0 spiro atoms. The van der Waals surface area contributed by atoms with Crippen LogP contribution in [0.4, 0.5) is 0 Å². The number of carbonyl (C=O) groups excluding carboxylic acids is 2. The van der Waals surface area contributed by atoms with Gasteiger partial charge in [0.1, 0.15) is 11.7 Å². The summed E-state index contributed by atoms with van der Waals surface area (Å²) in [6.45, 7) is 4.45. The summed E-state index contributed by atoms with van der Waals surface area (Å²) >= 11 is 0. The lowest BCUT2D eigenvalue weighted by Crippen LogP contribution is -2.50. The highest BCUT2D eigenvalue weighted by molar-refractivity contribution is 5.97. The molecule has 0 fully saturated rings. The standard InChI is InChI=1S/C27H33N3O4/c1-18-15-30(19(2)17-31)27(33)23-13-22(20-9-7-8-10-20)14-28-25(23)34-24(18)16-29(3)26(32)21-11-5-4-6-12-21/h4-6,9,11-14,18-19,24,31H,7-8,10,15-17H2,1-3H3/t18-,19-,24+/m1/s1. The van der Waals surface area contributed by atoms with E-state index in [0.29, 0.717) is 24.2 Å². The number of likely N-dealkylation sites (N-methyl/N-ethyl adjacent to an activating group) is 1. The Balaban J connectivity index is 1.65. The molecule has 0 unspecified atom stereocenters. The first-order valence-electron chi connectivity index (χ1n) is 12.0. The molecule has 3 atom stereocenters. The van der Waals surface area contributed by atoms with Gasteiger partial charge in [-0.3, -0.25) is 9.59 Å². The second kappa shape index (κ2) is 10.4. The zero-order chi connectivity index (χ0) is 24.2. The number of fused-ring (bicyclic) bond motifs is 1. The second-order valence-corrected chi connectivity index (χ2v) is 9.37. The number of aliphatic hydroxyl groups excluding tert-OH is 1. The molecule has 0 saturated heterocycles. The molecule has 2 amide bonds. The Morgan fingerprint density at radius 2 is 2.09 bits per heavy atom. The summed E-state index contributed by atoms with van der Waals surface area (Å²) < 4.78 is 6.32. The number of rotatable bonds is 6. The van der Waals surface area contributed by atoms with Gasteiger partial charge < -0.3 is 19.6 Å². The van der Waals surface area contributed by atoms with E-state index in [9.17, 15) is 14.7 Å². The largest absolute Gasteiger partial charge is 0.472 e. The molecule has 2 aliphatic rings. The van der Waals surface area contributed by atoms with Crippen LogP contribution < -0.4 is 4.74 Å². The van der Waals surface area contributed by atoms with E-state index in [-0.39, 0.29) is 42.4 Å². The first-order valence-corrected chi connectivity index (χ1v) is 12.0. The normalized spacial score (nSPS) is 21.1. The summed E-state index contributed by atoms with van der Waals surface area (Å²) in [5, 5.41) is 9.84. The molecule has 2 aromatic rings. The number of aliphatic hydroxyl groups is 1. The Kier molecular flexibility index (Phi) is 7.32. The molecule has 180 valence electrons. The number of amides is 2. The zero-order valence-corrected chi connectivity index (χ0v) is 20.1. The van der Waals surface area contributed by atoms with Gasteiger partial charge in [-0.05, 0) is 55.5 Å². The van der Waals surface area contributed by atoms with Crippen molar-refractivity contribution in [1.82, 2.24) is 14.8 Å². The van der Waals surface area contributed by atoms with E-state index < -0.39 is 0 Å². The number of pyridine rings is 1. The lowest BCUT2D eigenvalue weighted by Gasteiger charge is -2.37. The van der Waals surface area contributed by atoms with Crippen LogP contribution in [0.15, 0.2) is 48.7 Å². The lowest BCUT2D eigenvalue weighted by molar-refractivity contribution is 0.0313. The number of allylic oxidation sites excluding steroid dienone is 2. The van der Waals surface area contributed by atoms with Crippen LogP contribution in [0.1, 0.15) is 59.4 Å². The van der Waals surface area contributed by atoms with Crippen LogP contribution in [0, 0.1) is 5.92 Å². The average Bonchev–Trinajstić information content (AvgIpc) is 3.40. The van der Waals surface area contributed by atoms with Crippen LogP contribution in [0.25, 0.3) is 5.57 Å². The minimum atomic E-state index is -0.373. The molecule has 1 aliphatic carbocycles.